The lowest BCUT2D eigenvalue weighted by Crippen LogP contribution is -2.16. The lowest BCUT2D eigenvalue weighted by Gasteiger charge is -2.11. The van der Waals surface area contributed by atoms with Crippen molar-refractivity contribution in [2.24, 2.45) is 5.73 Å². The third kappa shape index (κ3) is 4.13. The topological polar surface area (TPSA) is 103 Å². The first kappa shape index (κ1) is 16.6. The number of aromatic nitrogens is 1. The van der Waals surface area contributed by atoms with Crippen LogP contribution in [0.3, 0.4) is 0 Å². The van der Waals surface area contributed by atoms with Crippen molar-refractivity contribution in [3.05, 3.63) is 47.7 Å². The molecule has 0 aliphatic rings. The molecule has 2 aromatic rings. The van der Waals surface area contributed by atoms with E-state index in [0.29, 0.717) is 5.56 Å². The number of aromatic carboxylic acids is 1. The highest BCUT2D eigenvalue weighted by Gasteiger charge is 2.27. The van der Waals surface area contributed by atoms with E-state index >= 15 is 0 Å². The van der Waals surface area contributed by atoms with Gasteiger partial charge >= 0.3 is 11.5 Å². The number of carboxylic acid groups (broad SMARTS) is 1. The fraction of sp³-hybridized carbons (Fsp3) is 0.0714. The summed E-state index contributed by atoms with van der Waals surface area (Å²) in [5.74, 6) is -2.33. The number of hydrogen-bond acceptors (Lipinski definition) is 4. The first-order valence-corrected chi connectivity index (χ1v) is 6.44. The molecule has 0 aliphatic heterocycles. The van der Waals surface area contributed by atoms with Crippen LogP contribution in [-0.4, -0.2) is 27.5 Å². The molecule has 0 radical (unpaired) electrons. The molecule has 6 nitrogen and oxygen atoms in total. The molecule has 0 saturated carbocycles. The number of carbonyl (C=O) groups excluding carboxylic acids is 1. The average molecular weight is 343 g/mol. The second kappa shape index (κ2) is 6.17. The second-order valence-corrected chi connectivity index (χ2v) is 4.80. The Morgan fingerprint density at radius 3 is 2.35 bits per heavy atom. The Morgan fingerprint density at radius 1 is 1.26 bits per heavy atom. The maximum absolute atomic E-state index is 12.5. The molecule has 9 heteroatoms. The van der Waals surface area contributed by atoms with Crippen molar-refractivity contribution in [3.8, 4) is 17.0 Å². The quantitative estimate of drug-likeness (QED) is 0.813. The van der Waals surface area contributed by atoms with Gasteiger partial charge in [0.25, 0.3) is 5.91 Å². The van der Waals surface area contributed by atoms with Crippen LogP contribution in [-0.2, 0) is 0 Å². The fourth-order valence-electron chi connectivity index (χ4n) is 1.81. The molecule has 120 valence electrons. The fourth-order valence-corrected chi connectivity index (χ4v) is 1.90. The highest BCUT2D eigenvalue weighted by molar-refractivity contribution is 6.20. The molecule has 1 heterocycles. The van der Waals surface area contributed by atoms with Gasteiger partial charge in [-0.05, 0) is 30.3 Å². The molecule has 2 rings (SSSR count). The van der Waals surface area contributed by atoms with Gasteiger partial charge in [-0.1, -0.05) is 0 Å². The van der Waals surface area contributed by atoms with Gasteiger partial charge in [-0.25, -0.2) is 4.79 Å². The number of pyridine rings is 1. The zero-order valence-electron chi connectivity index (χ0n) is 11.3. The number of hydrogen-bond donors (Lipinski definition) is 2. The van der Waals surface area contributed by atoms with Crippen LogP contribution in [0.1, 0.15) is 20.7 Å². The smallest absolute Gasteiger partial charge is 0.478 e. The number of carboxylic acids is 1. The van der Waals surface area contributed by atoms with E-state index in [-0.39, 0.29) is 22.6 Å². The first-order valence-electron chi connectivity index (χ1n) is 6.06. The highest BCUT2D eigenvalue weighted by Crippen LogP contribution is 2.28. The van der Waals surface area contributed by atoms with Crippen LogP contribution in [0.4, 0.5) is 8.78 Å². The van der Waals surface area contributed by atoms with E-state index in [1.165, 1.54) is 24.3 Å². The maximum Gasteiger partial charge on any atom is 0.487 e. The summed E-state index contributed by atoms with van der Waals surface area (Å²) in [4.78, 5) is 26.3. The molecule has 3 N–H and O–H groups in total. The molecule has 0 aliphatic carbocycles. The minimum absolute atomic E-state index is 0.110. The normalized spacial score (nSPS) is 11.1. The molecule has 0 unspecified atom stereocenters. The molecule has 0 spiro atoms. The van der Waals surface area contributed by atoms with Gasteiger partial charge in [0, 0.05) is 23.4 Å². The van der Waals surface area contributed by atoms with E-state index in [9.17, 15) is 18.4 Å². The van der Waals surface area contributed by atoms with E-state index in [0.717, 1.165) is 12.3 Å². The molecular weight excluding hydrogens is 334 g/mol. The van der Waals surface area contributed by atoms with E-state index in [4.69, 9.17) is 10.8 Å². The summed E-state index contributed by atoms with van der Waals surface area (Å²) in [6, 6.07) is 6.19. The third-order valence-corrected chi connectivity index (χ3v) is 2.84. The van der Waals surface area contributed by atoms with Crippen LogP contribution in [0.5, 0.6) is 5.75 Å². The van der Waals surface area contributed by atoms with Crippen LogP contribution in [0.15, 0.2) is 36.5 Å². The van der Waals surface area contributed by atoms with Crippen LogP contribution in [0, 0.1) is 0 Å². The Balaban J connectivity index is 2.42. The van der Waals surface area contributed by atoms with Crippen LogP contribution in [0.2, 0.25) is 0 Å². The number of alkyl halides is 3. The summed E-state index contributed by atoms with van der Waals surface area (Å²) in [5, 5.41) is 8.90. The summed E-state index contributed by atoms with van der Waals surface area (Å²) in [6.45, 7) is 0. The van der Waals surface area contributed by atoms with Gasteiger partial charge in [-0.3, -0.25) is 9.78 Å². The summed E-state index contributed by atoms with van der Waals surface area (Å²) in [6.07, 6.45) is 1.06. The lowest BCUT2D eigenvalue weighted by molar-refractivity contribution is -0.0964. The van der Waals surface area contributed by atoms with E-state index in [1.54, 1.807) is 0 Å². The van der Waals surface area contributed by atoms with Crippen LogP contribution in [0.25, 0.3) is 11.3 Å². The highest BCUT2D eigenvalue weighted by atomic mass is 35.5. The summed E-state index contributed by atoms with van der Waals surface area (Å²) < 4.78 is 29.2. The number of rotatable bonds is 5. The summed E-state index contributed by atoms with van der Waals surface area (Å²) in [7, 11) is 0. The number of ether oxygens (including phenoxy) is 1. The van der Waals surface area contributed by atoms with Crippen LogP contribution < -0.4 is 10.5 Å². The largest absolute Gasteiger partial charge is 0.487 e. The van der Waals surface area contributed by atoms with Crippen molar-refractivity contribution in [3.63, 3.8) is 0 Å². The summed E-state index contributed by atoms with van der Waals surface area (Å²) in [5.41, 5.74) is 1.54. The number of primary amides is 1. The average Bonchev–Trinajstić information content (AvgIpc) is 2.45. The zero-order chi connectivity index (χ0) is 17.2. The van der Waals surface area contributed by atoms with Gasteiger partial charge in [0.15, 0.2) is 0 Å². The number of benzene rings is 1. The van der Waals surface area contributed by atoms with E-state index < -0.39 is 17.4 Å². The number of carbonyl (C=O) groups is 2. The van der Waals surface area contributed by atoms with Crippen molar-refractivity contribution in [2.45, 2.75) is 5.57 Å². The van der Waals surface area contributed by atoms with E-state index in [1.807, 2.05) is 0 Å². The Hall–Kier alpha value is -2.74. The Morgan fingerprint density at radius 2 is 1.87 bits per heavy atom. The minimum Gasteiger partial charge on any atom is -0.478 e. The zero-order valence-corrected chi connectivity index (χ0v) is 12.1. The van der Waals surface area contributed by atoms with Gasteiger partial charge in [-0.2, -0.15) is 0 Å². The third-order valence-electron chi connectivity index (χ3n) is 2.76. The molecule has 1 amide bonds. The van der Waals surface area contributed by atoms with Gasteiger partial charge in [0.2, 0.25) is 0 Å². The predicted molar refractivity (Wildman–Crippen MR) is 76.6 cm³/mol. The Kier molecular flexibility index (Phi) is 4.46. The lowest BCUT2D eigenvalue weighted by atomic mass is 10.0. The number of nitrogens with zero attached hydrogens (tertiary/aromatic N) is 1. The van der Waals surface area contributed by atoms with Crippen molar-refractivity contribution >= 4 is 23.5 Å². The predicted octanol–water partition coefficient (Wildman–Crippen LogP) is 2.71. The van der Waals surface area contributed by atoms with Crippen molar-refractivity contribution in [2.75, 3.05) is 0 Å². The van der Waals surface area contributed by atoms with E-state index in [2.05, 4.69) is 21.3 Å². The number of halogens is 3. The van der Waals surface area contributed by atoms with Gasteiger partial charge in [0.1, 0.15) is 5.75 Å². The molecule has 1 aromatic carbocycles. The Bertz CT molecular complexity index is 760. The molecule has 0 fully saturated rings. The molecule has 0 bridgehead atoms. The second-order valence-electron chi connectivity index (χ2n) is 4.36. The van der Waals surface area contributed by atoms with Crippen molar-refractivity contribution in [1.29, 1.82) is 0 Å². The SMILES string of the molecule is NC(=O)c1cc(C(=O)O)cnc1-c1ccc(OC(F)(F)Cl)cc1. The maximum atomic E-state index is 12.5. The first-order chi connectivity index (χ1) is 10.7. The molecule has 1 aromatic heterocycles. The number of nitrogens with two attached hydrogens (primary N) is 1. The molecular formula is C14H9ClF2N2O4. The minimum atomic E-state index is -3.85. The van der Waals surface area contributed by atoms with Gasteiger partial charge in [-0.15, -0.1) is 8.78 Å². The van der Waals surface area contributed by atoms with Gasteiger partial charge < -0.3 is 15.6 Å². The number of amides is 1. The Labute approximate surface area is 133 Å². The molecule has 0 atom stereocenters. The van der Waals surface area contributed by atoms with Crippen molar-refractivity contribution < 1.29 is 28.2 Å². The standard InChI is InChI=1S/C14H9ClF2N2O4/c15-14(16,17)23-9-3-1-7(2-4-9)11-10(12(18)20)5-8(6-19-11)13(21)22/h1-6H,(H2,18,20)(H,21,22). The summed E-state index contributed by atoms with van der Waals surface area (Å²) >= 11 is 4.65. The molecule has 0 saturated heterocycles. The van der Waals surface area contributed by atoms with Crippen LogP contribution >= 0.6 is 11.6 Å². The van der Waals surface area contributed by atoms with Crippen molar-refractivity contribution in [1.82, 2.24) is 4.98 Å². The molecule has 23 heavy (non-hydrogen) atoms. The monoisotopic (exact) mass is 342 g/mol. The van der Waals surface area contributed by atoms with Gasteiger partial charge in [0.05, 0.1) is 16.8 Å².